The lowest BCUT2D eigenvalue weighted by Crippen LogP contribution is -2.49. The van der Waals surface area contributed by atoms with E-state index in [-0.39, 0.29) is 24.7 Å². The molecule has 4 amide bonds. The molecule has 2 aliphatic heterocycles. The van der Waals surface area contributed by atoms with Crippen LogP contribution in [0.4, 0.5) is 5.69 Å². The molecule has 0 spiro atoms. The molecule has 2 heterocycles. The molecule has 0 radical (unpaired) electrons. The summed E-state index contributed by atoms with van der Waals surface area (Å²) >= 11 is 0. The molecule has 3 N–H and O–H groups in total. The normalized spacial score (nSPS) is 20.3. The zero-order valence-corrected chi connectivity index (χ0v) is 23.7. The van der Waals surface area contributed by atoms with Crippen LogP contribution in [0.2, 0.25) is 0 Å². The van der Waals surface area contributed by atoms with E-state index < -0.39 is 47.4 Å². The standard InChI is InChI=1S/C31H38N4O6/c1-19(2)28(29(38)27-20(3)30(39)34-31(27)40)33-26(37)18-24(22-7-5-4-6-8-22)32-25(36)17-21-9-11-23(12-10-21)35-13-15-41-16-14-35/h4-12,19-20,24,27-28H,13-18H2,1-3H3,(H,32,36)(H,33,37)(H,34,39,40)/t20-,24-,27+,28-/m0/s1. The van der Waals surface area contributed by atoms with Gasteiger partial charge in [-0.3, -0.25) is 29.3 Å². The van der Waals surface area contributed by atoms with Crippen LogP contribution in [0.1, 0.15) is 44.4 Å². The number of morpholine rings is 1. The Morgan fingerprint density at radius 1 is 0.927 bits per heavy atom. The van der Waals surface area contributed by atoms with Gasteiger partial charge in [0.15, 0.2) is 5.78 Å². The molecule has 2 saturated heterocycles. The maximum atomic E-state index is 13.2. The first-order valence-electron chi connectivity index (χ1n) is 14.1. The lowest BCUT2D eigenvalue weighted by atomic mass is 9.85. The fourth-order valence-corrected chi connectivity index (χ4v) is 5.26. The minimum absolute atomic E-state index is 0.104. The highest BCUT2D eigenvalue weighted by Gasteiger charge is 2.46. The van der Waals surface area contributed by atoms with Crippen molar-refractivity contribution in [3.8, 4) is 0 Å². The molecule has 10 nitrogen and oxygen atoms in total. The van der Waals surface area contributed by atoms with Crippen molar-refractivity contribution in [1.82, 2.24) is 16.0 Å². The quantitative estimate of drug-likeness (QED) is 0.282. The van der Waals surface area contributed by atoms with Gasteiger partial charge in [-0.15, -0.1) is 0 Å². The minimum atomic E-state index is -1.14. The summed E-state index contributed by atoms with van der Waals surface area (Å²) in [5.74, 6) is -4.57. The monoisotopic (exact) mass is 562 g/mol. The van der Waals surface area contributed by atoms with Gasteiger partial charge in [0.05, 0.1) is 44.1 Å². The number of Topliss-reactive ketones (excluding diaryl/α,β-unsaturated/α-hetero) is 1. The first-order chi connectivity index (χ1) is 19.6. The van der Waals surface area contributed by atoms with Crippen LogP contribution in [-0.2, 0) is 35.1 Å². The Bertz CT molecular complexity index is 1260. The van der Waals surface area contributed by atoms with Gasteiger partial charge in [-0.05, 0) is 29.2 Å². The summed E-state index contributed by atoms with van der Waals surface area (Å²) in [6, 6.07) is 15.4. The van der Waals surface area contributed by atoms with Crippen molar-refractivity contribution >= 4 is 35.1 Å². The molecule has 0 aromatic heterocycles. The summed E-state index contributed by atoms with van der Waals surface area (Å²) in [6.07, 6.45) is 0.0394. The van der Waals surface area contributed by atoms with E-state index in [1.54, 1.807) is 13.8 Å². The number of benzene rings is 2. The van der Waals surface area contributed by atoms with Crippen LogP contribution in [0, 0.1) is 17.8 Å². The topological polar surface area (TPSA) is 134 Å². The van der Waals surface area contributed by atoms with E-state index in [9.17, 15) is 24.0 Å². The highest BCUT2D eigenvalue weighted by molar-refractivity contribution is 6.16. The van der Waals surface area contributed by atoms with Crippen LogP contribution in [0.15, 0.2) is 54.6 Å². The predicted octanol–water partition coefficient (Wildman–Crippen LogP) is 1.93. The van der Waals surface area contributed by atoms with Crippen molar-refractivity contribution in [2.75, 3.05) is 31.2 Å². The largest absolute Gasteiger partial charge is 0.378 e. The number of anilines is 1. The lowest BCUT2D eigenvalue weighted by molar-refractivity contribution is -0.137. The number of hydrogen-bond donors (Lipinski definition) is 3. The molecule has 4 rings (SSSR count). The van der Waals surface area contributed by atoms with E-state index in [1.165, 1.54) is 6.92 Å². The number of amides is 4. The number of ether oxygens (including phenoxy) is 1. The highest BCUT2D eigenvalue weighted by atomic mass is 16.5. The molecule has 0 bridgehead atoms. The Morgan fingerprint density at radius 3 is 2.17 bits per heavy atom. The molecule has 2 aromatic carbocycles. The number of hydrogen-bond acceptors (Lipinski definition) is 7. The smallest absolute Gasteiger partial charge is 0.238 e. The second-order valence-corrected chi connectivity index (χ2v) is 11.0. The lowest BCUT2D eigenvalue weighted by Gasteiger charge is -2.29. The van der Waals surface area contributed by atoms with Crippen LogP contribution < -0.4 is 20.9 Å². The molecule has 2 aromatic rings. The van der Waals surface area contributed by atoms with E-state index in [4.69, 9.17) is 4.74 Å². The average molecular weight is 563 g/mol. The highest BCUT2D eigenvalue weighted by Crippen LogP contribution is 2.24. The number of ketones is 1. The van der Waals surface area contributed by atoms with Gasteiger partial charge in [0.25, 0.3) is 0 Å². The van der Waals surface area contributed by atoms with Gasteiger partial charge in [0.2, 0.25) is 23.6 Å². The Balaban J connectivity index is 1.41. The van der Waals surface area contributed by atoms with Gasteiger partial charge in [0.1, 0.15) is 5.92 Å². The van der Waals surface area contributed by atoms with Gasteiger partial charge in [0, 0.05) is 18.8 Å². The first kappa shape index (κ1) is 29.9. The summed E-state index contributed by atoms with van der Waals surface area (Å²) in [7, 11) is 0. The summed E-state index contributed by atoms with van der Waals surface area (Å²) in [5.41, 5.74) is 2.68. The maximum absolute atomic E-state index is 13.2. The fourth-order valence-electron chi connectivity index (χ4n) is 5.26. The molecule has 10 heteroatoms. The molecule has 0 aliphatic carbocycles. The second kappa shape index (κ2) is 13.5. The maximum Gasteiger partial charge on any atom is 0.238 e. The van der Waals surface area contributed by atoms with Crippen LogP contribution in [0.25, 0.3) is 0 Å². The molecular formula is C31H38N4O6. The van der Waals surface area contributed by atoms with Gasteiger partial charge in [-0.2, -0.15) is 0 Å². The third-order valence-electron chi connectivity index (χ3n) is 7.64. The Morgan fingerprint density at radius 2 is 1.59 bits per heavy atom. The van der Waals surface area contributed by atoms with Crippen LogP contribution >= 0.6 is 0 Å². The summed E-state index contributed by atoms with van der Waals surface area (Å²) in [4.78, 5) is 66.0. The van der Waals surface area contributed by atoms with Crippen LogP contribution in [0.5, 0.6) is 0 Å². The second-order valence-electron chi connectivity index (χ2n) is 11.0. The van der Waals surface area contributed by atoms with Gasteiger partial charge < -0.3 is 20.3 Å². The van der Waals surface area contributed by atoms with Gasteiger partial charge in [-0.25, -0.2) is 0 Å². The predicted molar refractivity (Wildman–Crippen MR) is 153 cm³/mol. The molecular weight excluding hydrogens is 524 g/mol. The number of carbonyl (C=O) groups excluding carboxylic acids is 5. The van der Waals surface area contributed by atoms with Crippen LogP contribution in [0.3, 0.4) is 0 Å². The molecule has 41 heavy (non-hydrogen) atoms. The molecule has 2 fully saturated rings. The minimum Gasteiger partial charge on any atom is -0.378 e. The molecule has 218 valence electrons. The van der Waals surface area contributed by atoms with Crippen molar-refractivity contribution in [3.05, 3.63) is 65.7 Å². The third-order valence-corrected chi connectivity index (χ3v) is 7.64. The van der Waals surface area contributed by atoms with Crippen LogP contribution in [-0.4, -0.2) is 61.8 Å². The number of nitrogens with one attached hydrogen (secondary N) is 3. The third kappa shape index (κ3) is 7.58. The molecule has 2 aliphatic rings. The van der Waals surface area contributed by atoms with E-state index in [1.807, 2.05) is 54.6 Å². The molecule has 0 saturated carbocycles. The number of imide groups is 1. The van der Waals surface area contributed by atoms with Gasteiger partial charge in [-0.1, -0.05) is 63.2 Å². The zero-order chi connectivity index (χ0) is 29.5. The fraction of sp³-hybridized carbons (Fsp3) is 0.452. The van der Waals surface area contributed by atoms with Crippen molar-refractivity contribution < 1.29 is 28.7 Å². The zero-order valence-electron chi connectivity index (χ0n) is 23.7. The summed E-state index contributed by atoms with van der Waals surface area (Å²) in [5, 5.41) is 7.94. The van der Waals surface area contributed by atoms with Crippen molar-refractivity contribution in [2.45, 2.75) is 45.7 Å². The van der Waals surface area contributed by atoms with Gasteiger partial charge >= 0.3 is 0 Å². The van der Waals surface area contributed by atoms with E-state index in [2.05, 4.69) is 20.9 Å². The Kier molecular flexibility index (Phi) is 9.88. The van der Waals surface area contributed by atoms with Crippen molar-refractivity contribution in [2.24, 2.45) is 17.8 Å². The number of carbonyl (C=O) groups is 5. The number of nitrogens with zero attached hydrogens (tertiary/aromatic N) is 1. The molecule has 0 unspecified atom stereocenters. The summed E-state index contributed by atoms with van der Waals surface area (Å²) < 4.78 is 5.41. The number of rotatable bonds is 11. The Labute approximate surface area is 240 Å². The van der Waals surface area contributed by atoms with Crippen molar-refractivity contribution in [1.29, 1.82) is 0 Å². The van der Waals surface area contributed by atoms with E-state index in [0.29, 0.717) is 13.2 Å². The van der Waals surface area contributed by atoms with Crippen molar-refractivity contribution in [3.63, 3.8) is 0 Å². The SMILES string of the molecule is CC(C)[C@H](NC(=O)C[C@H](NC(=O)Cc1ccc(N2CCOCC2)cc1)c1ccccc1)C(=O)[C@@H]1C(=O)NC(=O)[C@H]1C. The summed E-state index contributed by atoms with van der Waals surface area (Å²) in [6.45, 7) is 8.10. The Hall–Kier alpha value is -4.05. The van der Waals surface area contributed by atoms with E-state index in [0.717, 1.165) is 29.9 Å². The first-order valence-corrected chi connectivity index (χ1v) is 14.1. The average Bonchev–Trinajstić information content (AvgIpc) is 3.22. The molecule has 4 atom stereocenters. The van der Waals surface area contributed by atoms with E-state index >= 15 is 0 Å².